The fourth-order valence-electron chi connectivity index (χ4n) is 3.69. The molecule has 0 rings (SSSR count). The first kappa shape index (κ1) is 28.4. The first-order chi connectivity index (χ1) is 14.1. The maximum Gasteiger partial charge on any atom is 0.369 e. The molecule has 0 aliphatic heterocycles. The van der Waals surface area contributed by atoms with Crippen LogP contribution in [0.25, 0.3) is 0 Å². The number of ether oxygens (including phenoxy) is 3. The minimum atomic E-state index is -1.70. The predicted octanol–water partition coefficient (Wildman–Crippen LogP) is 6.16. The summed E-state index contributed by atoms with van der Waals surface area (Å²) in [5.41, 5.74) is 0. The summed E-state index contributed by atoms with van der Waals surface area (Å²) in [5.74, 6) is -2.33. The van der Waals surface area contributed by atoms with Crippen LogP contribution in [-0.4, -0.2) is 42.8 Å². The Morgan fingerprint density at radius 3 is 1.48 bits per heavy atom. The van der Waals surface area contributed by atoms with Gasteiger partial charge in [-0.3, -0.25) is 0 Å². The van der Waals surface area contributed by atoms with Crippen molar-refractivity contribution in [3.8, 4) is 0 Å². The Morgan fingerprint density at radius 2 is 1.10 bits per heavy atom. The summed E-state index contributed by atoms with van der Waals surface area (Å²) < 4.78 is 16.2. The second-order valence-electron chi connectivity index (χ2n) is 7.80. The molecule has 0 aromatic carbocycles. The zero-order valence-corrected chi connectivity index (χ0v) is 19.7. The molecule has 0 aromatic heterocycles. The highest BCUT2D eigenvalue weighted by molar-refractivity contribution is 5.78. The fraction of sp³-hybridized carbons (Fsp3) is 0.958. The van der Waals surface area contributed by atoms with Crippen molar-refractivity contribution in [2.24, 2.45) is 0 Å². The van der Waals surface area contributed by atoms with Gasteiger partial charge >= 0.3 is 5.97 Å². The van der Waals surface area contributed by atoms with Crippen LogP contribution in [0.1, 0.15) is 118 Å². The van der Waals surface area contributed by atoms with E-state index in [2.05, 4.69) is 6.92 Å². The molecule has 0 aliphatic rings. The van der Waals surface area contributed by atoms with Crippen molar-refractivity contribution in [2.75, 3.05) is 19.8 Å². The quantitative estimate of drug-likeness (QED) is 0.138. The molecule has 0 aromatic rings. The van der Waals surface area contributed by atoms with Crippen LogP contribution in [0.5, 0.6) is 0 Å². The van der Waals surface area contributed by atoms with Crippen molar-refractivity contribution in [2.45, 2.75) is 129 Å². The zero-order chi connectivity index (χ0) is 21.8. The van der Waals surface area contributed by atoms with Gasteiger partial charge in [-0.1, -0.05) is 90.4 Å². The molecule has 29 heavy (non-hydrogen) atoms. The number of carbonyl (C=O) groups excluding carboxylic acids is 1. The molecule has 1 unspecified atom stereocenters. The lowest BCUT2D eigenvalue weighted by Crippen LogP contribution is -2.55. The third-order valence-electron chi connectivity index (χ3n) is 5.30. The van der Waals surface area contributed by atoms with Gasteiger partial charge in [-0.05, 0) is 27.2 Å². The predicted molar refractivity (Wildman–Crippen MR) is 119 cm³/mol. The second-order valence-corrected chi connectivity index (χ2v) is 7.80. The van der Waals surface area contributed by atoms with Gasteiger partial charge in [-0.25, -0.2) is 4.79 Å². The molecular weight excluding hydrogens is 368 g/mol. The highest BCUT2D eigenvalue weighted by atomic mass is 16.7. The maximum absolute atomic E-state index is 12.4. The largest absolute Gasteiger partial charge is 0.462 e. The first-order valence-corrected chi connectivity index (χ1v) is 12.2. The average molecular weight is 417 g/mol. The lowest BCUT2D eigenvalue weighted by Gasteiger charge is -2.34. The van der Waals surface area contributed by atoms with E-state index in [-0.39, 0.29) is 19.8 Å². The second kappa shape index (κ2) is 19.3. The first-order valence-electron chi connectivity index (χ1n) is 12.2. The summed E-state index contributed by atoms with van der Waals surface area (Å²) in [6.45, 7) is 8.33. The van der Waals surface area contributed by atoms with Gasteiger partial charge in [0.25, 0.3) is 5.79 Å². The number of carbonyl (C=O) groups is 1. The van der Waals surface area contributed by atoms with Crippen LogP contribution < -0.4 is 0 Å². The van der Waals surface area contributed by atoms with Crippen molar-refractivity contribution >= 4 is 5.97 Å². The summed E-state index contributed by atoms with van der Waals surface area (Å²) in [6.07, 6.45) is 16.0. The summed E-state index contributed by atoms with van der Waals surface area (Å²) in [7, 11) is 0. The van der Waals surface area contributed by atoms with Gasteiger partial charge in [-0.2, -0.15) is 0 Å². The molecule has 0 bridgehead atoms. The normalized spacial score (nSPS) is 12.9. The molecule has 0 saturated heterocycles. The number of rotatable bonds is 21. The standard InChI is InChI=1S/C24H48O5/c1-5-9-10-11-12-13-14-15-16-17-18-19-20-21-22(25)24(28-7-3,29-8-4)23(26)27-6-2/h22,25H,5-21H2,1-4H3. The Balaban J connectivity index is 3.98. The van der Waals surface area contributed by atoms with Gasteiger partial charge in [-0.15, -0.1) is 0 Å². The molecule has 0 saturated carbocycles. The molecule has 0 spiro atoms. The van der Waals surface area contributed by atoms with Crippen LogP contribution in [0.2, 0.25) is 0 Å². The fourth-order valence-corrected chi connectivity index (χ4v) is 3.69. The van der Waals surface area contributed by atoms with E-state index in [1.807, 2.05) is 0 Å². The molecule has 0 heterocycles. The number of esters is 1. The van der Waals surface area contributed by atoms with Crippen molar-refractivity contribution in [3.05, 3.63) is 0 Å². The molecule has 1 atom stereocenters. The van der Waals surface area contributed by atoms with Crippen LogP contribution in [0.3, 0.4) is 0 Å². The van der Waals surface area contributed by atoms with E-state index < -0.39 is 17.9 Å². The third kappa shape index (κ3) is 12.6. The van der Waals surface area contributed by atoms with Gasteiger partial charge < -0.3 is 19.3 Å². The number of aliphatic hydroxyl groups excluding tert-OH is 1. The van der Waals surface area contributed by atoms with Crippen molar-refractivity contribution in [3.63, 3.8) is 0 Å². The minimum absolute atomic E-state index is 0.228. The molecule has 1 N–H and O–H groups in total. The van der Waals surface area contributed by atoms with Crippen LogP contribution in [0, 0.1) is 0 Å². The minimum Gasteiger partial charge on any atom is -0.462 e. The smallest absolute Gasteiger partial charge is 0.369 e. The number of hydrogen-bond donors (Lipinski definition) is 1. The van der Waals surface area contributed by atoms with Crippen LogP contribution in [-0.2, 0) is 19.0 Å². The van der Waals surface area contributed by atoms with Crippen LogP contribution in [0.4, 0.5) is 0 Å². The summed E-state index contributed by atoms with van der Waals surface area (Å²) in [6, 6.07) is 0. The van der Waals surface area contributed by atoms with Gasteiger partial charge in [0.1, 0.15) is 6.10 Å². The zero-order valence-electron chi connectivity index (χ0n) is 19.7. The Labute approximate surface area is 179 Å². The number of hydrogen-bond acceptors (Lipinski definition) is 5. The molecule has 0 fully saturated rings. The molecule has 174 valence electrons. The van der Waals surface area contributed by atoms with Gasteiger partial charge in [0.15, 0.2) is 0 Å². The van der Waals surface area contributed by atoms with Gasteiger partial charge in [0, 0.05) is 13.2 Å². The van der Waals surface area contributed by atoms with Crippen molar-refractivity contribution in [1.29, 1.82) is 0 Å². The van der Waals surface area contributed by atoms with E-state index in [0.717, 1.165) is 12.8 Å². The number of aliphatic hydroxyl groups is 1. The van der Waals surface area contributed by atoms with E-state index in [9.17, 15) is 9.90 Å². The van der Waals surface area contributed by atoms with Crippen LogP contribution in [0.15, 0.2) is 0 Å². The van der Waals surface area contributed by atoms with E-state index in [0.29, 0.717) is 6.42 Å². The summed E-state index contributed by atoms with van der Waals surface area (Å²) >= 11 is 0. The van der Waals surface area contributed by atoms with E-state index in [1.54, 1.807) is 20.8 Å². The Hall–Kier alpha value is -0.650. The Bertz CT molecular complexity index is 366. The van der Waals surface area contributed by atoms with E-state index in [4.69, 9.17) is 14.2 Å². The lowest BCUT2D eigenvalue weighted by atomic mass is 10.0. The molecule has 5 nitrogen and oxygen atoms in total. The Morgan fingerprint density at radius 1 is 0.690 bits per heavy atom. The summed E-state index contributed by atoms with van der Waals surface area (Å²) in [4.78, 5) is 12.4. The van der Waals surface area contributed by atoms with Crippen LogP contribution >= 0.6 is 0 Å². The molecule has 0 aliphatic carbocycles. The van der Waals surface area contributed by atoms with Gasteiger partial charge in [0.05, 0.1) is 6.61 Å². The topological polar surface area (TPSA) is 65.0 Å². The molecule has 0 radical (unpaired) electrons. The SMILES string of the molecule is CCCCCCCCCCCCCCCC(O)C(OCC)(OCC)C(=O)OCC. The van der Waals surface area contributed by atoms with Crippen molar-refractivity contribution in [1.82, 2.24) is 0 Å². The molecular formula is C24H48O5. The summed E-state index contributed by atoms with van der Waals surface area (Å²) in [5, 5.41) is 10.6. The monoisotopic (exact) mass is 416 g/mol. The Kier molecular flexibility index (Phi) is 18.9. The lowest BCUT2D eigenvalue weighted by molar-refractivity contribution is -0.280. The van der Waals surface area contributed by atoms with Gasteiger partial charge in [0.2, 0.25) is 0 Å². The number of unbranched alkanes of at least 4 members (excludes halogenated alkanes) is 12. The third-order valence-corrected chi connectivity index (χ3v) is 5.30. The molecule has 0 amide bonds. The highest BCUT2D eigenvalue weighted by Crippen LogP contribution is 2.25. The van der Waals surface area contributed by atoms with E-state index >= 15 is 0 Å². The average Bonchev–Trinajstić information content (AvgIpc) is 2.71. The highest BCUT2D eigenvalue weighted by Gasteiger charge is 2.49. The maximum atomic E-state index is 12.4. The van der Waals surface area contributed by atoms with Crippen molar-refractivity contribution < 1.29 is 24.1 Å². The molecule has 5 heteroatoms. The van der Waals surface area contributed by atoms with E-state index in [1.165, 1.54) is 70.6 Å².